The van der Waals surface area contributed by atoms with Crippen molar-refractivity contribution in [1.29, 1.82) is 0 Å². The maximum Gasteiger partial charge on any atom is 0.322 e. The van der Waals surface area contributed by atoms with Crippen molar-refractivity contribution in [3.05, 3.63) is 23.5 Å². The minimum absolute atomic E-state index is 0.350. The number of ether oxygens (including phenoxy) is 1. The molecule has 2 N–H and O–H groups in total. The predicted octanol–water partition coefficient (Wildman–Crippen LogP) is 0.995. The Morgan fingerprint density at radius 1 is 1.47 bits per heavy atom. The monoisotopic (exact) mass is 210 g/mol. The SMILES string of the molecule is COC(=O)C(N)CCn1c(C)ccc1C. The Morgan fingerprint density at radius 3 is 2.47 bits per heavy atom. The molecule has 0 aliphatic carbocycles. The van der Waals surface area contributed by atoms with E-state index in [4.69, 9.17) is 5.73 Å². The largest absolute Gasteiger partial charge is 0.468 e. The predicted molar refractivity (Wildman–Crippen MR) is 58.5 cm³/mol. The van der Waals surface area contributed by atoms with E-state index in [1.165, 1.54) is 18.5 Å². The van der Waals surface area contributed by atoms with Gasteiger partial charge in [-0.1, -0.05) is 0 Å². The van der Waals surface area contributed by atoms with E-state index in [9.17, 15) is 4.79 Å². The fourth-order valence-electron chi connectivity index (χ4n) is 1.59. The van der Waals surface area contributed by atoms with Crippen molar-refractivity contribution in [2.24, 2.45) is 5.73 Å². The Bertz CT molecular complexity index is 325. The van der Waals surface area contributed by atoms with Gasteiger partial charge < -0.3 is 15.0 Å². The number of rotatable bonds is 4. The van der Waals surface area contributed by atoms with Crippen molar-refractivity contribution in [3.8, 4) is 0 Å². The molecule has 84 valence electrons. The van der Waals surface area contributed by atoms with Crippen molar-refractivity contribution in [2.45, 2.75) is 32.9 Å². The number of aryl methyl sites for hydroxylation is 2. The number of aromatic nitrogens is 1. The standard InChI is InChI=1S/C11H18N2O2/c1-8-4-5-9(2)13(8)7-6-10(12)11(14)15-3/h4-5,10H,6-7,12H2,1-3H3. The normalized spacial score (nSPS) is 12.5. The summed E-state index contributed by atoms with van der Waals surface area (Å²) in [5, 5.41) is 0. The van der Waals surface area contributed by atoms with E-state index in [2.05, 4.69) is 21.4 Å². The third-order valence-electron chi connectivity index (χ3n) is 2.58. The Hall–Kier alpha value is -1.29. The van der Waals surface area contributed by atoms with Gasteiger partial charge in [-0.05, 0) is 32.4 Å². The molecule has 0 fully saturated rings. The summed E-state index contributed by atoms with van der Waals surface area (Å²) in [6, 6.07) is 3.58. The molecule has 1 aromatic rings. The maximum atomic E-state index is 11.1. The molecule has 15 heavy (non-hydrogen) atoms. The first-order valence-electron chi connectivity index (χ1n) is 5.02. The smallest absolute Gasteiger partial charge is 0.322 e. The van der Waals surface area contributed by atoms with Gasteiger partial charge in [0.1, 0.15) is 6.04 Å². The van der Waals surface area contributed by atoms with Crippen LogP contribution in [-0.4, -0.2) is 23.7 Å². The minimum Gasteiger partial charge on any atom is -0.468 e. The summed E-state index contributed by atoms with van der Waals surface area (Å²) in [5.41, 5.74) is 8.03. The lowest BCUT2D eigenvalue weighted by Crippen LogP contribution is -2.32. The van der Waals surface area contributed by atoms with Crippen LogP contribution in [0.15, 0.2) is 12.1 Å². The third-order valence-corrected chi connectivity index (χ3v) is 2.58. The maximum absolute atomic E-state index is 11.1. The van der Waals surface area contributed by atoms with Crippen molar-refractivity contribution in [2.75, 3.05) is 7.11 Å². The summed E-state index contributed by atoms with van der Waals surface area (Å²) in [6.45, 7) is 4.83. The highest BCUT2D eigenvalue weighted by Gasteiger charge is 2.13. The summed E-state index contributed by atoms with van der Waals surface area (Å²) < 4.78 is 6.71. The molecular weight excluding hydrogens is 192 g/mol. The Morgan fingerprint density at radius 2 is 2.00 bits per heavy atom. The van der Waals surface area contributed by atoms with Gasteiger partial charge in [0, 0.05) is 17.9 Å². The molecule has 1 aromatic heterocycles. The molecule has 0 spiro atoms. The first-order valence-corrected chi connectivity index (χ1v) is 5.02. The average molecular weight is 210 g/mol. The summed E-state index contributed by atoms with van der Waals surface area (Å²) in [4.78, 5) is 11.1. The van der Waals surface area contributed by atoms with Gasteiger partial charge in [0.2, 0.25) is 0 Å². The molecule has 4 heteroatoms. The second kappa shape index (κ2) is 4.98. The molecule has 1 rings (SSSR count). The third kappa shape index (κ3) is 2.83. The molecule has 1 atom stereocenters. The van der Waals surface area contributed by atoms with E-state index < -0.39 is 6.04 Å². The molecule has 0 aliphatic heterocycles. The lowest BCUT2D eigenvalue weighted by atomic mass is 10.2. The van der Waals surface area contributed by atoms with Crippen molar-refractivity contribution in [3.63, 3.8) is 0 Å². The van der Waals surface area contributed by atoms with Crippen LogP contribution in [0.3, 0.4) is 0 Å². The summed E-state index contributed by atoms with van der Waals surface area (Å²) in [7, 11) is 1.36. The second-order valence-electron chi connectivity index (χ2n) is 3.69. The molecule has 0 radical (unpaired) electrons. The van der Waals surface area contributed by atoms with Crippen molar-refractivity contribution < 1.29 is 9.53 Å². The number of nitrogens with two attached hydrogens (primary N) is 1. The van der Waals surface area contributed by atoms with E-state index in [0.29, 0.717) is 6.42 Å². The number of hydrogen-bond donors (Lipinski definition) is 1. The van der Waals surface area contributed by atoms with Crippen LogP contribution in [0.25, 0.3) is 0 Å². The zero-order valence-electron chi connectivity index (χ0n) is 9.49. The molecule has 4 nitrogen and oxygen atoms in total. The Labute approximate surface area is 90.0 Å². The molecule has 0 aliphatic rings. The summed E-state index contributed by atoms with van der Waals surface area (Å²) >= 11 is 0. The highest BCUT2D eigenvalue weighted by molar-refractivity contribution is 5.75. The van der Waals surface area contributed by atoms with Gasteiger partial charge in [0.15, 0.2) is 0 Å². The summed E-state index contributed by atoms with van der Waals surface area (Å²) in [6.07, 6.45) is 0.600. The zero-order valence-corrected chi connectivity index (χ0v) is 9.49. The van der Waals surface area contributed by atoms with Crippen LogP contribution in [0.1, 0.15) is 17.8 Å². The molecular formula is C11H18N2O2. The van der Waals surface area contributed by atoms with Gasteiger partial charge >= 0.3 is 5.97 Å². The van der Waals surface area contributed by atoms with E-state index in [1.807, 2.05) is 13.8 Å². The van der Waals surface area contributed by atoms with Crippen molar-refractivity contribution >= 4 is 5.97 Å². The fourth-order valence-corrected chi connectivity index (χ4v) is 1.59. The van der Waals surface area contributed by atoms with Crippen LogP contribution in [0, 0.1) is 13.8 Å². The highest BCUT2D eigenvalue weighted by atomic mass is 16.5. The molecule has 0 amide bonds. The van der Waals surface area contributed by atoms with Crippen LogP contribution in [0.4, 0.5) is 0 Å². The van der Waals surface area contributed by atoms with Crippen LogP contribution in [-0.2, 0) is 16.1 Å². The lowest BCUT2D eigenvalue weighted by Gasteiger charge is -2.12. The Kier molecular flexibility index (Phi) is 3.91. The molecule has 1 heterocycles. The number of methoxy groups -OCH3 is 1. The van der Waals surface area contributed by atoms with E-state index in [0.717, 1.165) is 6.54 Å². The molecule has 0 saturated carbocycles. The van der Waals surface area contributed by atoms with Gasteiger partial charge in [-0.25, -0.2) is 0 Å². The summed E-state index contributed by atoms with van der Waals surface area (Å²) in [5.74, 6) is -0.350. The molecule has 0 bridgehead atoms. The van der Waals surface area contributed by atoms with Crippen LogP contribution < -0.4 is 5.73 Å². The second-order valence-corrected chi connectivity index (χ2v) is 3.69. The van der Waals surface area contributed by atoms with Gasteiger partial charge in [0.25, 0.3) is 0 Å². The van der Waals surface area contributed by atoms with Crippen LogP contribution in [0.5, 0.6) is 0 Å². The fraction of sp³-hybridized carbons (Fsp3) is 0.545. The van der Waals surface area contributed by atoms with Gasteiger partial charge in [0.05, 0.1) is 7.11 Å². The van der Waals surface area contributed by atoms with E-state index >= 15 is 0 Å². The van der Waals surface area contributed by atoms with Gasteiger partial charge in [-0.15, -0.1) is 0 Å². The number of nitrogens with zero attached hydrogens (tertiary/aromatic N) is 1. The van der Waals surface area contributed by atoms with Crippen LogP contribution in [0.2, 0.25) is 0 Å². The molecule has 1 unspecified atom stereocenters. The quantitative estimate of drug-likeness (QED) is 0.754. The minimum atomic E-state index is -0.531. The topological polar surface area (TPSA) is 57.2 Å². The van der Waals surface area contributed by atoms with Gasteiger partial charge in [-0.2, -0.15) is 0 Å². The average Bonchev–Trinajstić information content (AvgIpc) is 2.54. The highest BCUT2D eigenvalue weighted by Crippen LogP contribution is 2.08. The first-order chi connectivity index (χ1) is 7.06. The Balaban J connectivity index is 2.54. The number of carbonyl (C=O) groups is 1. The number of esters is 1. The molecule has 0 saturated heterocycles. The first kappa shape index (κ1) is 11.8. The number of carbonyl (C=O) groups excluding carboxylic acids is 1. The van der Waals surface area contributed by atoms with E-state index in [-0.39, 0.29) is 5.97 Å². The van der Waals surface area contributed by atoms with Gasteiger partial charge in [-0.3, -0.25) is 4.79 Å². The van der Waals surface area contributed by atoms with Crippen molar-refractivity contribution in [1.82, 2.24) is 4.57 Å². The van der Waals surface area contributed by atoms with Crippen LogP contribution >= 0.6 is 0 Å². The molecule has 0 aromatic carbocycles. The zero-order chi connectivity index (χ0) is 11.4. The lowest BCUT2D eigenvalue weighted by molar-refractivity contribution is -0.142. The number of hydrogen-bond acceptors (Lipinski definition) is 3. The van der Waals surface area contributed by atoms with E-state index in [1.54, 1.807) is 0 Å².